The van der Waals surface area contributed by atoms with E-state index in [-0.39, 0.29) is 5.92 Å². The molecule has 0 atom stereocenters. The predicted molar refractivity (Wildman–Crippen MR) is 110 cm³/mol. The van der Waals surface area contributed by atoms with Crippen LogP contribution in [0.1, 0.15) is 108 Å². The van der Waals surface area contributed by atoms with Gasteiger partial charge in [-0.15, -0.1) is 0 Å². The summed E-state index contributed by atoms with van der Waals surface area (Å²) in [7, 11) is 0. The summed E-state index contributed by atoms with van der Waals surface area (Å²) in [5.74, 6) is 1.70. The zero-order chi connectivity index (χ0) is 19.2. The lowest BCUT2D eigenvalue weighted by molar-refractivity contribution is 0.155. The first kappa shape index (κ1) is 20.8. The lowest BCUT2D eigenvalue weighted by Gasteiger charge is -2.38. The normalized spacial score (nSPS) is 29.0. The van der Waals surface area contributed by atoms with E-state index in [1.165, 1.54) is 64.2 Å². The van der Waals surface area contributed by atoms with Gasteiger partial charge in [0.15, 0.2) is 11.6 Å². The van der Waals surface area contributed by atoms with Gasteiger partial charge in [0.2, 0.25) is 0 Å². The summed E-state index contributed by atoms with van der Waals surface area (Å²) in [5.41, 5.74) is 1.13. The van der Waals surface area contributed by atoms with E-state index in [0.717, 1.165) is 30.6 Å². The third kappa shape index (κ3) is 5.12. The van der Waals surface area contributed by atoms with Gasteiger partial charge < -0.3 is 0 Å². The van der Waals surface area contributed by atoms with Crippen molar-refractivity contribution in [2.24, 2.45) is 17.8 Å². The van der Waals surface area contributed by atoms with Crippen molar-refractivity contribution in [1.82, 2.24) is 0 Å². The summed E-state index contributed by atoms with van der Waals surface area (Å²) >= 11 is 0. The number of rotatable bonds is 7. The van der Waals surface area contributed by atoms with E-state index in [1.807, 2.05) is 13.0 Å². The Hall–Kier alpha value is -0.920. The summed E-state index contributed by atoms with van der Waals surface area (Å²) < 4.78 is 28.6. The van der Waals surface area contributed by atoms with Crippen LogP contribution in [0.25, 0.3) is 0 Å². The second kappa shape index (κ2) is 10.0. The second-order valence-electron chi connectivity index (χ2n) is 9.18. The van der Waals surface area contributed by atoms with Gasteiger partial charge in [-0.05, 0) is 79.7 Å². The number of benzene rings is 1. The molecule has 0 bridgehead atoms. The smallest absolute Gasteiger partial charge is 0.162 e. The number of aryl methyl sites for hydroxylation is 1. The Morgan fingerprint density at radius 2 is 1.41 bits per heavy atom. The molecule has 2 aliphatic rings. The van der Waals surface area contributed by atoms with Crippen molar-refractivity contribution in [1.29, 1.82) is 0 Å². The minimum absolute atomic E-state index is 0.215. The topological polar surface area (TPSA) is 0 Å². The molecular weight excluding hydrogens is 338 g/mol. The lowest BCUT2D eigenvalue weighted by Crippen LogP contribution is -2.25. The Labute approximate surface area is 165 Å². The highest BCUT2D eigenvalue weighted by atomic mass is 19.2. The molecule has 2 heteroatoms. The largest absolute Gasteiger partial charge is 0.203 e. The molecule has 1 aromatic rings. The molecule has 152 valence electrons. The van der Waals surface area contributed by atoms with Crippen molar-refractivity contribution in [3.05, 3.63) is 34.9 Å². The Morgan fingerprint density at radius 1 is 0.778 bits per heavy atom. The molecule has 0 spiro atoms. The van der Waals surface area contributed by atoms with Crippen LogP contribution < -0.4 is 0 Å². The first-order valence-corrected chi connectivity index (χ1v) is 11.6. The second-order valence-corrected chi connectivity index (χ2v) is 9.18. The van der Waals surface area contributed by atoms with Crippen LogP contribution in [-0.2, 0) is 6.42 Å². The summed E-state index contributed by atoms with van der Waals surface area (Å²) in [6.45, 7) is 4.16. The maximum absolute atomic E-state index is 14.5. The molecule has 0 saturated heterocycles. The summed E-state index contributed by atoms with van der Waals surface area (Å²) in [5, 5.41) is 0. The van der Waals surface area contributed by atoms with Crippen molar-refractivity contribution in [2.75, 3.05) is 0 Å². The highest BCUT2D eigenvalue weighted by Crippen LogP contribution is 2.45. The maximum atomic E-state index is 14.5. The highest BCUT2D eigenvalue weighted by Gasteiger charge is 2.32. The maximum Gasteiger partial charge on any atom is 0.162 e. The van der Waals surface area contributed by atoms with Crippen LogP contribution in [0.3, 0.4) is 0 Å². The van der Waals surface area contributed by atoms with E-state index in [1.54, 1.807) is 6.07 Å². The highest BCUT2D eigenvalue weighted by molar-refractivity contribution is 5.29. The quantitative estimate of drug-likeness (QED) is 0.421. The van der Waals surface area contributed by atoms with Crippen molar-refractivity contribution in [3.8, 4) is 0 Å². The van der Waals surface area contributed by atoms with Crippen LogP contribution in [0, 0.1) is 29.4 Å². The van der Waals surface area contributed by atoms with Crippen molar-refractivity contribution in [3.63, 3.8) is 0 Å². The number of hydrogen-bond acceptors (Lipinski definition) is 0. The molecule has 0 aliphatic heterocycles. The molecular formula is C25H38F2. The molecule has 0 amide bonds. The van der Waals surface area contributed by atoms with Crippen LogP contribution in [0.4, 0.5) is 8.78 Å². The van der Waals surface area contributed by atoms with Crippen molar-refractivity contribution < 1.29 is 8.78 Å². The van der Waals surface area contributed by atoms with E-state index in [0.29, 0.717) is 17.5 Å². The number of hydrogen-bond donors (Lipinski definition) is 0. The van der Waals surface area contributed by atoms with Crippen LogP contribution in [0.15, 0.2) is 12.1 Å². The van der Waals surface area contributed by atoms with Gasteiger partial charge in [-0.25, -0.2) is 8.78 Å². The van der Waals surface area contributed by atoms with Gasteiger partial charge >= 0.3 is 0 Å². The van der Waals surface area contributed by atoms with E-state index in [4.69, 9.17) is 0 Å². The third-order valence-electron chi connectivity index (χ3n) is 7.56. The minimum atomic E-state index is -0.612. The van der Waals surface area contributed by atoms with Crippen LogP contribution >= 0.6 is 0 Å². The first-order chi connectivity index (χ1) is 13.1. The Kier molecular flexibility index (Phi) is 7.73. The molecule has 0 nitrogen and oxygen atoms in total. The molecule has 27 heavy (non-hydrogen) atoms. The SMILES string of the molecule is CCCCCC1CCC(C2CCC(c3ccc(CC)c(F)c3F)CC2)CC1. The van der Waals surface area contributed by atoms with Gasteiger partial charge in [-0.2, -0.15) is 0 Å². The molecule has 1 aromatic carbocycles. The summed E-state index contributed by atoms with van der Waals surface area (Å²) in [6, 6.07) is 3.64. The summed E-state index contributed by atoms with van der Waals surface area (Å²) in [6.07, 6.45) is 16.2. The van der Waals surface area contributed by atoms with Crippen LogP contribution in [-0.4, -0.2) is 0 Å². The molecule has 0 aromatic heterocycles. The molecule has 0 N–H and O–H groups in total. The van der Waals surface area contributed by atoms with Gasteiger partial charge in [0.25, 0.3) is 0 Å². The minimum Gasteiger partial charge on any atom is -0.203 e. The van der Waals surface area contributed by atoms with Crippen molar-refractivity contribution >= 4 is 0 Å². The van der Waals surface area contributed by atoms with Gasteiger partial charge in [0.05, 0.1) is 0 Å². The molecule has 0 unspecified atom stereocenters. The van der Waals surface area contributed by atoms with Gasteiger partial charge in [-0.3, -0.25) is 0 Å². The molecule has 2 aliphatic carbocycles. The number of halogens is 2. The standard InChI is InChI=1S/C25H38F2/c1-3-5-6-7-18-8-10-20(11-9-18)21-12-14-22(15-13-21)23-17-16-19(4-2)24(26)25(23)27/h16-18,20-22H,3-15H2,1-2H3. The molecule has 0 heterocycles. The van der Waals surface area contributed by atoms with E-state index in [2.05, 4.69) is 6.92 Å². The zero-order valence-electron chi connectivity index (χ0n) is 17.4. The number of unbranched alkanes of at least 4 members (excludes halogenated alkanes) is 2. The van der Waals surface area contributed by atoms with E-state index < -0.39 is 11.6 Å². The van der Waals surface area contributed by atoms with Crippen LogP contribution in [0.5, 0.6) is 0 Å². The average molecular weight is 377 g/mol. The summed E-state index contributed by atoms with van der Waals surface area (Å²) in [4.78, 5) is 0. The first-order valence-electron chi connectivity index (χ1n) is 11.6. The molecule has 2 saturated carbocycles. The Morgan fingerprint density at radius 3 is 2.00 bits per heavy atom. The third-order valence-corrected chi connectivity index (χ3v) is 7.56. The molecule has 0 radical (unpaired) electrons. The monoisotopic (exact) mass is 376 g/mol. The fourth-order valence-corrected chi connectivity index (χ4v) is 5.73. The van der Waals surface area contributed by atoms with Gasteiger partial charge in [0, 0.05) is 0 Å². The Bertz CT molecular complexity index is 578. The molecule has 3 rings (SSSR count). The van der Waals surface area contributed by atoms with Gasteiger partial charge in [0.1, 0.15) is 0 Å². The average Bonchev–Trinajstić information content (AvgIpc) is 2.71. The predicted octanol–water partition coefficient (Wildman–Crippen LogP) is 8.19. The lowest BCUT2D eigenvalue weighted by atomic mass is 9.68. The van der Waals surface area contributed by atoms with E-state index in [9.17, 15) is 8.78 Å². The van der Waals surface area contributed by atoms with E-state index >= 15 is 0 Å². The molecule has 2 fully saturated rings. The van der Waals surface area contributed by atoms with Crippen LogP contribution in [0.2, 0.25) is 0 Å². The van der Waals surface area contributed by atoms with Crippen molar-refractivity contribution in [2.45, 2.75) is 103 Å². The zero-order valence-corrected chi connectivity index (χ0v) is 17.4. The fraction of sp³-hybridized carbons (Fsp3) is 0.760. The van der Waals surface area contributed by atoms with Gasteiger partial charge in [-0.1, -0.05) is 64.5 Å². The fourth-order valence-electron chi connectivity index (χ4n) is 5.73. The Balaban J connectivity index is 1.48.